The van der Waals surface area contributed by atoms with Gasteiger partial charge < -0.3 is 9.47 Å². The third-order valence-electron chi connectivity index (χ3n) is 2.38. The number of nitrogens with zero attached hydrogens (tertiary/aromatic N) is 1. The standard InChI is InChI=1S/C12H10FNO3/c1-14-11-9(13)5-7(12(15)16-2)6-10(11)17-8-3-4-8/h5-6,8H,3-4H2,2H3. The van der Waals surface area contributed by atoms with Crippen LogP contribution < -0.4 is 4.74 Å². The van der Waals surface area contributed by atoms with E-state index in [2.05, 4.69) is 9.58 Å². The number of benzene rings is 1. The molecule has 1 aliphatic carbocycles. The van der Waals surface area contributed by atoms with Gasteiger partial charge in [-0.2, -0.15) is 0 Å². The molecule has 0 heterocycles. The highest BCUT2D eigenvalue weighted by Gasteiger charge is 2.26. The highest BCUT2D eigenvalue weighted by atomic mass is 19.1. The Labute approximate surface area is 97.8 Å². The first-order chi connectivity index (χ1) is 8.15. The smallest absolute Gasteiger partial charge is 0.337 e. The molecule has 1 aromatic carbocycles. The fourth-order valence-corrected chi connectivity index (χ4v) is 1.37. The molecule has 0 bridgehead atoms. The van der Waals surface area contributed by atoms with E-state index in [1.165, 1.54) is 13.2 Å². The van der Waals surface area contributed by atoms with Crippen molar-refractivity contribution in [2.24, 2.45) is 0 Å². The number of esters is 1. The lowest BCUT2D eigenvalue weighted by atomic mass is 10.2. The second kappa shape index (κ2) is 4.42. The molecule has 5 heteroatoms. The van der Waals surface area contributed by atoms with Crippen LogP contribution in [0, 0.1) is 12.4 Å². The highest BCUT2D eigenvalue weighted by molar-refractivity contribution is 5.90. The lowest BCUT2D eigenvalue weighted by Gasteiger charge is -2.09. The summed E-state index contributed by atoms with van der Waals surface area (Å²) in [4.78, 5) is 14.4. The van der Waals surface area contributed by atoms with Crippen LogP contribution in [0.15, 0.2) is 12.1 Å². The topological polar surface area (TPSA) is 39.9 Å². The van der Waals surface area contributed by atoms with Gasteiger partial charge in [-0.05, 0) is 25.0 Å². The molecule has 2 rings (SSSR count). The van der Waals surface area contributed by atoms with Crippen LogP contribution in [0.1, 0.15) is 23.2 Å². The van der Waals surface area contributed by atoms with Gasteiger partial charge in [-0.25, -0.2) is 14.0 Å². The van der Waals surface area contributed by atoms with Crippen LogP contribution in [-0.2, 0) is 4.74 Å². The fourth-order valence-electron chi connectivity index (χ4n) is 1.37. The third kappa shape index (κ3) is 2.36. The predicted octanol–water partition coefficient (Wildman–Crippen LogP) is 2.70. The summed E-state index contributed by atoms with van der Waals surface area (Å²) < 4.78 is 23.5. The van der Waals surface area contributed by atoms with Gasteiger partial charge in [0.25, 0.3) is 5.69 Å². The van der Waals surface area contributed by atoms with Crippen molar-refractivity contribution in [3.8, 4) is 5.75 Å². The molecule has 1 saturated carbocycles. The molecule has 0 unspecified atom stereocenters. The molecule has 0 atom stereocenters. The van der Waals surface area contributed by atoms with E-state index in [-0.39, 0.29) is 23.1 Å². The number of ether oxygens (including phenoxy) is 2. The van der Waals surface area contributed by atoms with E-state index in [1.807, 2.05) is 0 Å². The van der Waals surface area contributed by atoms with Crippen molar-refractivity contribution in [1.29, 1.82) is 0 Å². The normalized spacial score (nSPS) is 13.9. The van der Waals surface area contributed by atoms with Crippen LogP contribution >= 0.6 is 0 Å². The summed E-state index contributed by atoms with van der Waals surface area (Å²) in [5, 5.41) is 0. The zero-order valence-electron chi connectivity index (χ0n) is 9.20. The van der Waals surface area contributed by atoms with Gasteiger partial charge in [0, 0.05) is 0 Å². The Kier molecular flexibility index (Phi) is 2.96. The molecule has 1 aliphatic rings. The first-order valence-electron chi connectivity index (χ1n) is 5.11. The lowest BCUT2D eigenvalue weighted by molar-refractivity contribution is 0.0599. The van der Waals surface area contributed by atoms with Gasteiger partial charge in [0.2, 0.25) is 0 Å². The van der Waals surface area contributed by atoms with Gasteiger partial charge in [0.15, 0.2) is 0 Å². The van der Waals surface area contributed by atoms with Gasteiger partial charge in [-0.3, -0.25) is 0 Å². The Balaban J connectivity index is 2.41. The van der Waals surface area contributed by atoms with Crippen molar-refractivity contribution < 1.29 is 18.7 Å². The number of halogens is 1. The Morgan fingerprint density at radius 3 is 2.76 bits per heavy atom. The molecule has 1 aromatic rings. The van der Waals surface area contributed by atoms with E-state index < -0.39 is 11.8 Å². The zero-order valence-corrected chi connectivity index (χ0v) is 9.20. The largest absolute Gasteiger partial charge is 0.501 e. The van der Waals surface area contributed by atoms with Crippen LogP contribution in [0.4, 0.5) is 10.1 Å². The van der Waals surface area contributed by atoms with E-state index in [1.54, 1.807) is 0 Å². The van der Waals surface area contributed by atoms with Crippen LogP contribution in [0.2, 0.25) is 0 Å². The summed E-state index contributed by atoms with van der Waals surface area (Å²) in [5.41, 5.74) is -0.141. The molecule has 88 valence electrons. The quantitative estimate of drug-likeness (QED) is 0.597. The maximum Gasteiger partial charge on any atom is 0.337 e. The van der Waals surface area contributed by atoms with Crippen molar-refractivity contribution in [3.05, 3.63) is 34.9 Å². The number of carbonyl (C=O) groups excluding carboxylic acids is 1. The highest BCUT2D eigenvalue weighted by Crippen LogP contribution is 2.36. The second-order valence-electron chi connectivity index (χ2n) is 3.73. The molecule has 4 nitrogen and oxygen atoms in total. The molecule has 0 aromatic heterocycles. The maximum absolute atomic E-state index is 13.6. The van der Waals surface area contributed by atoms with Crippen molar-refractivity contribution in [1.82, 2.24) is 0 Å². The Morgan fingerprint density at radius 2 is 2.24 bits per heavy atom. The van der Waals surface area contributed by atoms with Crippen molar-refractivity contribution >= 4 is 11.7 Å². The van der Waals surface area contributed by atoms with Crippen LogP contribution in [0.25, 0.3) is 4.85 Å². The summed E-state index contributed by atoms with van der Waals surface area (Å²) >= 11 is 0. The molecular formula is C12H10FNO3. The van der Waals surface area contributed by atoms with Crippen molar-refractivity contribution in [2.45, 2.75) is 18.9 Å². The average Bonchev–Trinajstić information content (AvgIpc) is 3.11. The van der Waals surface area contributed by atoms with Gasteiger partial charge in [0.05, 0.1) is 25.3 Å². The van der Waals surface area contributed by atoms with E-state index in [0.29, 0.717) is 0 Å². The minimum atomic E-state index is -0.765. The zero-order chi connectivity index (χ0) is 12.4. The van der Waals surface area contributed by atoms with E-state index in [0.717, 1.165) is 18.9 Å². The van der Waals surface area contributed by atoms with E-state index in [9.17, 15) is 9.18 Å². The van der Waals surface area contributed by atoms with E-state index >= 15 is 0 Å². The maximum atomic E-state index is 13.6. The predicted molar refractivity (Wildman–Crippen MR) is 57.7 cm³/mol. The molecule has 0 aliphatic heterocycles. The monoisotopic (exact) mass is 235 g/mol. The van der Waals surface area contributed by atoms with Crippen molar-refractivity contribution in [3.63, 3.8) is 0 Å². The number of hydrogen-bond acceptors (Lipinski definition) is 3. The van der Waals surface area contributed by atoms with Crippen LogP contribution in [0.5, 0.6) is 5.75 Å². The summed E-state index contributed by atoms with van der Waals surface area (Å²) in [6.07, 6.45) is 1.81. The summed E-state index contributed by atoms with van der Waals surface area (Å²) in [5.74, 6) is -1.30. The Bertz CT molecular complexity index is 503. The van der Waals surface area contributed by atoms with Gasteiger partial charge >= 0.3 is 5.97 Å². The summed E-state index contributed by atoms with van der Waals surface area (Å²) in [6.45, 7) is 6.90. The Morgan fingerprint density at radius 1 is 1.53 bits per heavy atom. The molecule has 17 heavy (non-hydrogen) atoms. The number of rotatable bonds is 3. The fraction of sp³-hybridized carbons (Fsp3) is 0.333. The van der Waals surface area contributed by atoms with Gasteiger partial charge in [0.1, 0.15) is 11.6 Å². The van der Waals surface area contributed by atoms with Gasteiger partial charge in [-0.15, -0.1) is 0 Å². The minimum absolute atomic E-state index is 0.0304. The summed E-state index contributed by atoms with van der Waals surface area (Å²) in [7, 11) is 1.21. The first-order valence-corrected chi connectivity index (χ1v) is 5.11. The van der Waals surface area contributed by atoms with E-state index in [4.69, 9.17) is 11.3 Å². The number of hydrogen-bond donors (Lipinski definition) is 0. The molecule has 0 amide bonds. The second-order valence-corrected chi connectivity index (χ2v) is 3.73. The van der Waals surface area contributed by atoms with Gasteiger partial charge in [-0.1, -0.05) is 0 Å². The minimum Gasteiger partial charge on any atom is -0.501 e. The molecule has 1 fully saturated rings. The van der Waals surface area contributed by atoms with Crippen LogP contribution in [-0.4, -0.2) is 19.2 Å². The average molecular weight is 235 g/mol. The molecule has 0 radical (unpaired) electrons. The SMILES string of the molecule is [C-]#[N+]c1c(F)cc(C(=O)OC)cc1OC1CC1. The number of carbonyl (C=O) groups is 1. The molecule has 0 saturated heterocycles. The van der Waals surface area contributed by atoms with Crippen LogP contribution in [0.3, 0.4) is 0 Å². The summed E-state index contributed by atoms with van der Waals surface area (Å²) in [6, 6.07) is 2.33. The Hall–Kier alpha value is -2.09. The lowest BCUT2D eigenvalue weighted by Crippen LogP contribution is -2.04. The number of methoxy groups -OCH3 is 1. The van der Waals surface area contributed by atoms with Crippen molar-refractivity contribution in [2.75, 3.05) is 7.11 Å². The third-order valence-corrected chi connectivity index (χ3v) is 2.38. The molecule has 0 spiro atoms. The first kappa shape index (κ1) is 11.4. The molecular weight excluding hydrogens is 225 g/mol. The molecule has 0 N–H and O–H groups in total.